The number of hydrogen-bond acceptors (Lipinski definition) is 4. The molecule has 0 atom stereocenters. The van der Waals surface area contributed by atoms with Crippen LogP contribution in [0.1, 0.15) is 22.5 Å². The molecule has 0 saturated carbocycles. The molecular formula is C18H16ClF2KN2S2. The minimum Gasteiger partial charge on any atom is -1.00 e. The van der Waals surface area contributed by atoms with Crippen LogP contribution in [0.4, 0.5) is 4.39 Å². The molecule has 2 heterocycles. The zero-order valence-electron chi connectivity index (χ0n) is 15.2. The van der Waals surface area contributed by atoms with Crippen LogP contribution >= 0.6 is 34.7 Å². The number of benzene rings is 2. The molecule has 0 aliphatic rings. The zero-order valence-corrected chi connectivity index (χ0v) is 20.7. The summed E-state index contributed by atoms with van der Waals surface area (Å²) in [6.45, 7) is 7.74. The maximum atomic E-state index is 13.0. The van der Waals surface area contributed by atoms with E-state index in [0.29, 0.717) is 5.56 Å². The number of hydrogen-bond donors (Lipinski definition) is 0. The summed E-state index contributed by atoms with van der Waals surface area (Å²) in [7, 11) is 0. The standard InChI is InChI=1S/C9H8ClNS.C9H8FNS.FH.K/c2*1-5-3-7-6(2)11-12-9(7)4-8(5)10;;/h2*3-4H,1-2H3;1H;/q;;;+1/p-1. The molecule has 132 valence electrons. The number of rotatable bonds is 0. The van der Waals surface area contributed by atoms with Crippen LogP contribution in [0.25, 0.3) is 20.2 Å². The Hall–Kier alpha value is 0.00636. The van der Waals surface area contributed by atoms with Gasteiger partial charge in [0.1, 0.15) is 5.82 Å². The number of fused-ring (bicyclic) bond motifs is 2. The molecule has 0 aliphatic carbocycles. The molecule has 0 fully saturated rings. The molecule has 0 radical (unpaired) electrons. The van der Waals surface area contributed by atoms with E-state index in [1.165, 1.54) is 33.2 Å². The Labute approximate surface area is 206 Å². The molecule has 2 aromatic heterocycles. The van der Waals surface area contributed by atoms with Crippen LogP contribution in [0.2, 0.25) is 5.02 Å². The minimum atomic E-state index is -0.147. The summed E-state index contributed by atoms with van der Waals surface area (Å²) in [6, 6.07) is 7.48. The van der Waals surface area contributed by atoms with Crippen LogP contribution in [0.3, 0.4) is 0 Å². The third-order valence-corrected chi connectivity index (χ3v) is 6.07. The van der Waals surface area contributed by atoms with Crippen molar-refractivity contribution in [1.29, 1.82) is 0 Å². The SMILES string of the molecule is Cc1cc2c(C)nsc2cc1Cl.Cc1cc2c(C)nsc2cc1F.[F-].[K+]. The Morgan fingerprint density at radius 1 is 0.808 bits per heavy atom. The summed E-state index contributed by atoms with van der Waals surface area (Å²) in [5.74, 6) is -0.147. The van der Waals surface area contributed by atoms with Gasteiger partial charge in [-0.3, -0.25) is 0 Å². The van der Waals surface area contributed by atoms with Gasteiger partial charge in [-0.25, -0.2) is 4.39 Å². The zero-order chi connectivity index (χ0) is 17.4. The van der Waals surface area contributed by atoms with E-state index in [4.69, 9.17) is 11.6 Å². The van der Waals surface area contributed by atoms with Gasteiger partial charge in [-0.15, -0.1) is 0 Å². The number of nitrogens with zero attached hydrogens (tertiary/aromatic N) is 2. The van der Waals surface area contributed by atoms with E-state index in [1.54, 1.807) is 13.0 Å². The summed E-state index contributed by atoms with van der Waals surface area (Å²) in [5.41, 5.74) is 3.88. The van der Waals surface area contributed by atoms with Crippen molar-refractivity contribution in [2.45, 2.75) is 27.7 Å². The fourth-order valence-electron chi connectivity index (χ4n) is 2.38. The predicted molar refractivity (Wildman–Crippen MR) is 103 cm³/mol. The summed E-state index contributed by atoms with van der Waals surface area (Å²) in [5, 5.41) is 3.12. The fourth-order valence-corrected chi connectivity index (χ4v) is 4.21. The summed E-state index contributed by atoms with van der Waals surface area (Å²) in [4.78, 5) is 0. The molecule has 26 heavy (non-hydrogen) atoms. The van der Waals surface area contributed by atoms with Gasteiger partial charge in [0.05, 0.1) is 20.8 Å². The third kappa shape index (κ3) is 5.08. The van der Waals surface area contributed by atoms with E-state index in [0.717, 1.165) is 32.1 Å². The van der Waals surface area contributed by atoms with Gasteiger partial charge >= 0.3 is 51.4 Å². The molecular weight excluding hydrogens is 421 g/mol. The van der Waals surface area contributed by atoms with Gasteiger partial charge in [-0.2, -0.15) is 8.75 Å². The van der Waals surface area contributed by atoms with Crippen LogP contribution in [-0.2, 0) is 0 Å². The molecule has 4 rings (SSSR count). The normalized spacial score (nSPS) is 10.1. The van der Waals surface area contributed by atoms with Gasteiger partial charge in [-0.05, 0) is 86.2 Å². The first kappa shape index (κ1) is 24.0. The Balaban J connectivity index is 0.000000241. The summed E-state index contributed by atoms with van der Waals surface area (Å²) >= 11 is 8.82. The maximum absolute atomic E-state index is 13.0. The van der Waals surface area contributed by atoms with Gasteiger partial charge in [0.2, 0.25) is 0 Å². The van der Waals surface area contributed by atoms with Crippen molar-refractivity contribution in [2.75, 3.05) is 0 Å². The van der Waals surface area contributed by atoms with E-state index in [2.05, 4.69) is 14.8 Å². The average molecular weight is 437 g/mol. The summed E-state index contributed by atoms with van der Waals surface area (Å²) in [6.07, 6.45) is 0. The average Bonchev–Trinajstić information content (AvgIpc) is 3.06. The van der Waals surface area contributed by atoms with E-state index in [1.807, 2.05) is 32.9 Å². The van der Waals surface area contributed by atoms with Crippen LogP contribution in [0.5, 0.6) is 0 Å². The van der Waals surface area contributed by atoms with Crippen LogP contribution < -0.4 is 56.1 Å². The molecule has 0 bridgehead atoms. The molecule has 0 spiro atoms. The Bertz CT molecular complexity index is 963. The number of aryl methyl sites for hydroxylation is 4. The monoisotopic (exact) mass is 436 g/mol. The first-order valence-electron chi connectivity index (χ1n) is 7.41. The van der Waals surface area contributed by atoms with E-state index in [-0.39, 0.29) is 61.9 Å². The van der Waals surface area contributed by atoms with Gasteiger partial charge < -0.3 is 4.70 Å². The molecule has 0 N–H and O–H groups in total. The first-order valence-corrected chi connectivity index (χ1v) is 9.33. The molecule has 2 nitrogen and oxygen atoms in total. The summed E-state index contributed by atoms with van der Waals surface area (Å²) < 4.78 is 23.5. The Kier molecular flexibility index (Phi) is 9.23. The molecule has 0 unspecified atom stereocenters. The van der Waals surface area contributed by atoms with Crippen molar-refractivity contribution in [3.8, 4) is 0 Å². The molecule has 0 aliphatic heterocycles. The van der Waals surface area contributed by atoms with E-state index in [9.17, 15) is 4.39 Å². The molecule has 2 aromatic carbocycles. The third-order valence-electron chi connectivity index (χ3n) is 3.86. The molecule has 0 amide bonds. The Morgan fingerprint density at radius 2 is 1.27 bits per heavy atom. The Morgan fingerprint density at radius 3 is 1.81 bits per heavy atom. The van der Waals surface area contributed by atoms with Gasteiger partial charge in [-0.1, -0.05) is 11.6 Å². The molecule has 0 saturated heterocycles. The molecule has 8 heteroatoms. The fraction of sp³-hybridized carbons (Fsp3) is 0.222. The predicted octanol–water partition coefficient (Wildman–Crippen LogP) is 0.627. The quantitative estimate of drug-likeness (QED) is 0.378. The van der Waals surface area contributed by atoms with Gasteiger partial charge in [0.15, 0.2) is 0 Å². The smallest absolute Gasteiger partial charge is 1.00 e. The first-order chi connectivity index (χ1) is 11.4. The van der Waals surface area contributed by atoms with Crippen molar-refractivity contribution >= 4 is 54.8 Å². The number of halogens is 3. The second-order valence-corrected chi connectivity index (χ2v) is 7.75. The van der Waals surface area contributed by atoms with Crippen molar-refractivity contribution < 1.29 is 60.5 Å². The second-order valence-electron chi connectivity index (χ2n) is 5.73. The largest absolute Gasteiger partial charge is 1.00 e. The van der Waals surface area contributed by atoms with E-state index < -0.39 is 0 Å². The van der Waals surface area contributed by atoms with Gasteiger partial charge in [0, 0.05) is 15.8 Å². The van der Waals surface area contributed by atoms with Crippen molar-refractivity contribution in [3.05, 3.63) is 57.6 Å². The van der Waals surface area contributed by atoms with Crippen molar-refractivity contribution in [2.24, 2.45) is 0 Å². The van der Waals surface area contributed by atoms with E-state index >= 15 is 0 Å². The topological polar surface area (TPSA) is 25.8 Å². The van der Waals surface area contributed by atoms with Crippen molar-refractivity contribution in [3.63, 3.8) is 0 Å². The molecule has 4 aromatic rings. The number of aromatic nitrogens is 2. The second kappa shape index (κ2) is 9.98. The van der Waals surface area contributed by atoms with Gasteiger partial charge in [0.25, 0.3) is 0 Å². The minimum absolute atomic E-state index is 0. The van der Waals surface area contributed by atoms with Crippen LogP contribution in [0.15, 0.2) is 24.3 Å². The maximum Gasteiger partial charge on any atom is 1.00 e. The van der Waals surface area contributed by atoms with Crippen LogP contribution in [0, 0.1) is 33.5 Å². The van der Waals surface area contributed by atoms with Crippen LogP contribution in [-0.4, -0.2) is 8.75 Å². The van der Waals surface area contributed by atoms with Crippen molar-refractivity contribution in [1.82, 2.24) is 8.75 Å².